The fourth-order valence-corrected chi connectivity index (χ4v) is 1.86. The van der Waals surface area contributed by atoms with Crippen LogP contribution < -0.4 is 19.5 Å². The maximum Gasteiger partial charge on any atom is 0.407 e. The zero-order chi connectivity index (χ0) is 18.2. The molecule has 6 nitrogen and oxygen atoms in total. The number of terminal acetylenes is 1. The van der Waals surface area contributed by atoms with Crippen molar-refractivity contribution in [2.45, 2.75) is 26.4 Å². The molecule has 24 heavy (non-hydrogen) atoms. The number of methoxy groups -OCH3 is 1. The molecule has 1 N–H and O–H groups in total. The van der Waals surface area contributed by atoms with Crippen LogP contribution in [0.1, 0.15) is 20.8 Å². The third kappa shape index (κ3) is 6.88. The first-order chi connectivity index (χ1) is 11.3. The maximum atomic E-state index is 11.5. The van der Waals surface area contributed by atoms with E-state index in [9.17, 15) is 4.79 Å². The zero-order valence-corrected chi connectivity index (χ0v) is 15.0. The molecule has 0 bridgehead atoms. The minimum absolute atomic E-state index is 0.104. The number of carbonyl (C=O) groups is 1. The molecule has 0 aliphatic rings. The highest BCUT2D eigenvalue weighted by molar-refractivity contribution is 6.32. The molecule has 0 aliphatic heterocycles. The number of benzene rings is 1. The molecule has 0 fully saturated rings. The Balaban J connectivity index is 2.56. The lowest BCUT2D eigenvalue weighted by molar-refractivity contribution is 0.0520. The highest BCUT2D eigenvalue weighted by atomic mass is 35.5. The molecule has 0 aromatic heterocycles. The van der Waals surface area contributed by atoms with E-state index >= 15 is 0 Å². The van der Waals surface area contributed by atoms with Crippen LogP contribution in [0, 0.1) is 12.3 Å². The monoisotopic (exact) mass is 355 g/mol. The van der Waals surface area contributed by atoms with Gasteiger partial charge in [-0.2, -0.15) is 0 Å². The lowest BCUT2D eigenvalue weighted by Gasteiger charge is -2.19. The van der Waals surface area contributed by atoms with E-state index < -0.39 is 11.7 Å². The van der Waals surface area contributed by atoms with Crippen molar-refractivity contribution in [1.29, 1.82) is 0 Å². The molecule has 0 unspecified atom stereocenters. The second kappa shape index (κ2) is 9.14. The molecular weight excluding hydrogens is 334 g/mol. The molecule has 1 amide bonds. The molecule has 0 saturated heterocycles. The summed E-state index contributed by atoms with van der Waals surface area (Å²) in [6.45, 7) is 5.96. The molecule has 0 atom stereocenters. The maximum absolute atomic E-state index is 11.5. The lowest BCUT2D eigenvalue weighted by atomic mass is 10.2. The Morgan fingerprint density at radius 2 is 1.96 bits per heavy atom. The van der Waals surface area contributed by atoms with Gasteiger partial charge in [0.25, 0.3) is 0 Å². The van der Waals surface area contributed by atoms with E-state index in [4.69, 9.17) is 37.0 Å². The van der Waals surface area contributed by atoms with Gasteiger partial charge in [0.1, 0.15) is 24.6 Å². The quantitative estimate of drug-likeness (QED) is 0.600. The summed E-state index contributed by atoms with van der Waals surface area (Å²) < 4.78 is 21.2. The Morgan fingerprint density at radius 3 is 2.54 bits per heavy atom. The molecular formula is C17H22ClNO5. The van der Waals surface area contributed by atoms with Gasteiger partial charge in [-0.05, 0) is 20.8 Å². The van der Waals surface area contributed by atoms with Crippen LogP contribution in [-0.2, 0) is 4.74 Å². The van der Waals surface area contributed by atoms with Gasteiger partial charge < -0.3 is 24.3 Å². The second-order valence-corrected chi connectivity index (χ2v) is 6.11. The zero-order valence-electron chi connectivity index (χ0n) is 14.3. The van der Waals surface area contributed by atoms with Crippen LogP contribution in [0.3, 0.4) is 0 Å². The van der Waals surface area contributed by atoms with Gasteiger partial charge in [0.15, 0.2) is 11.5 Å². The first kappa shape index (κ1) is 19.8. The Hall–Kier alpha value is -2.26. The highest BCUT2D eigenvalue weighted by Crippen LogP contribution is 2.37. The third-order valence-electron chi connectivity index (χ3n) is 2.56. The van der Waals surface area contributed by atoms with Crippen LogP contribution in [0.4, 0.5) is 4.79 Å². The van der Waals surface area contributed by atoms with Crippen LogP contribution in [0.2, 0.25) is 5.02 Å². The third-order valence-corrected chi connectivity index (χ3v) is 2.85. The number of amides is 1. The van der Waals surface area contributed by atoms with Crippen molar-refractivity contribution in [3.8, 4) is 29.6 Å². The summed E-state index contributed by atoms with van der Waals surface area (Å²) >= 11 is 6.14. The van der Waals surface area contributed by atoms with Crippen molar-refractivity contribution in [1.82, 2.24) is 5.32 Å². The smallest absolute Gasteiger partial charge is 0.407 e. The molecule has 0 aliphatic carbocycles. The van der Waals surface area contributed by atoms with Gasteiger partial charge in [0, 0.05) is 12.1 Å². The summed E-state index contributed by atoms with van der Waals surface area (Å²) in [5.41, 5.74) is -0.546. The molecule has 0 spiro atoms. The predicted molar refractivity (Wildman–Crippen MR) is 92.1 cm³/mol. The standard InChI is InChI=1S/C17H22ClNO5/c1-6-8-22-15-10-12(18)13(11-14(15)21-5)23-9-7-19-16(20)24-17(2,3)4/h1,10-11H,7-9H2,2-5H3,(H,19,20). The van der Waals surface area contributed by atoms with Crippen LogP contribution >= 0.6 is 11.6 Å². The molecule has 1 aromatic rings. The number of halogens is 1. The first-order valence-electron chi connectivity index (χ1n) is 7.30. The van der Waals surface area contributed by atoms with Crippen LogP contribution in [0.25, 0.3) is 0 Å². The summed E-state index contributed by atoms with van der Waals surface area (Å²) in [4.78, 5) is 11.5. The Bertz CT molecular complexity index is 604. The minimum atomic E-state index is -0.546. The average molecular weight is 356 g/mol. The largest absolute Gasteiger partial charge is 0.493 e. The van der Waals surface area contributed by atoms with Gasteiger partial charge in [0.05, 0.1) is 18.7 Å². The van der Waals surface area contributed by atoms with Gasteiger partial charge in [-0.15, -0.1) is 6.42 Å². The van der Waals surface area contributed by atoms with E-state index in [0.717, 1.165) is 0 Å². The number of rotatable bonds is 7. The fourth-order valence-electron chi connectivity index (χ4n) is 1.65. The molecule has 1 aromatic carbocycles. The molecule has 7 heteroatoms. The number of ether oxygens (including phenoxy) is 4. The van der Waals surface area contributed by atoms with Crippen LogP contribution in [0.15, 0.2) is 12.1 Å². The highest BCUT2D eigenvalue weighted by Gasteiger charge is 2.16. The van der Waals surface area contributed by atoms with E-state index in [-0.39, 0.29) is 19.8 Å². The van der Waals surface area contributed by atoms with Gasteiger partial charge in [0.2, 0.25) is 0 Å². The second-order valence-electron chi connectivity index (χ2n) is 5.70. The molecule has 0 saturated carbocycles. The van der Waals surface area contributed by atoms with Crippen molar-refractivity contribution >= 4 is 17.7 Å². The average Bonchev–Trinajstić information content (AvgIpc) is 2.49. The van der Waals surface area contributed by atoms with Crippen molar-refractivity contribution < 1.29 is 23.7 Å². The van der Waals surface area contributed by atoms with Gasteiger partial charge in [-0.3, -0.25) is 0 Å². The van der Waals surface area contributed by atoms with E-state index in [1.165, 1.54) is 7.11 Å². The van der Waals surface area contributed by atoms with Crippen LogP contribution in [0.5, 0.6) is 17.2 Å². The van der Waals surface area contributed by atoms with E-state index in [2.05, 4.69) is 11.2 Å². The van der Waals surface area contributed by atoms with Gasteiger partial charge in [-0.1, -0.05) is 17.5 Å². The topological polar surface area (TPSA) is 66.0 Å². The van der Waals surface area contributed by atoms with Crippen LogP contribution in [-0.4, -0.2) is 38.6 Å². The minimum Gasteiger partial charge on any atom is -0.493 e. The number of hydrogen-bond donors (Lipinski definition) is 1. The summed E-state index contributed by atoms with van der Waals surface area (Å²) in [5.74, 6) is 3.65. The number of alkyl carbamates (subject to hydrolysis) is 1. The van der Waals surface area contributed by atoms with Gasteiger partial charge in [-0.25, -0.2) is 4.79 Å². The summed E-state index contributed by atoms with van der Waals surface area (Å²) in [7, 11) is 1.50. The summed E-state index contributed by atoms with van der Waals surface area (Å²) in [6.07, 6.45) is 4.65. The predicted octanol–water partition coefficient (Wildman–Crippen LogP) is 3.26. The molecule has 1 rings (SSSR count). The Morgan fingerprint density at radius 1 is 1.25 bits per heavy atom. The van der Waals surface area contributed by atoms with Crippen molar-refractivity contribution in [2.24, 2.45) is 0 Å². The number of nitrogens with one attached hydrogen (secondary N) is 1. The summed E-state index contributed by atoms with van der Waals surface area (Å²) in [6, 6.07) is 3.16. The number of hydrogen-bond acceptors (Lipinski definition) is 5. The lowest BCUT2D eigenvalue weighted by Crippen LogP contribution is -2.34. The molecule has 132 valence electrons. The van der Waals surface area contributed by atoms with Gasteiger partial charge >= 0.3 is 6.09 Å². The Kier molecular flexibility index (Phi) is 7.53. The molecule has 0 radical (unpaired) electrons. The van der Waals surface area contributed by atoms with E-state index in [0.29, 0.717) is 22.3 Å². The van der Waals surface area contributed by atoms with Crippen molar-refractivity contribution in [2.75, 3.05) is 26.9 Å². The number of carbonyl (C=O) groups excluding carboxylic acids is 1. The Labute approximate surface area is 147 Å². The van der Waals surface area contributed by atoms with E-state index in [1.54, 1.807) is 32.9 Å². The molecule has 0 heterocycles. The fraction of sp³-hybridized carbons (Fsp3) is 0.471. The first-order valence-corrected chi connectivity index (χ1v) is 7.68. The van der Waals surface area contributed by atoms with E-state index in [1.807, 2.05) is 0 Å². The summed E-state index contributed by atoms with van der Waals surface area (Å²) in [5, 5.41) is 2.94. The van der Waals surface area contributed by atoms with Crippen molar-refractivity contribution in [3.05, 3.63) is 17.2 Å². The normalized spacial score (nSPS) is 10.5. The van der Waals surface area contributed by atoms with Crippen molar-refractivity contribution in [3.63, 3.8) is 0 Å². The SMILES string of the molecule is C#CCOc1cc(Cl)c(OCCNC(=O)OC(C)(C)C)cc1OC.